The minimum Gasteiger partial charge on any atom is -0.462 e. The van der Waals surface area contributed by atoms with Gasteiger partial charge in [0.2, 0.25) is 0 Å². The Bertz CT molecular complexity index is 1030. The van der Waals surface area contributed by atoms with Gasteiger partial charge in [0.15, 0.2) is 6.10 Å². The van der Waals surface area contributed by atoms with Crippen molar-refractivity contribution in [3.05, 3.63) is 60.8 Å². The van der Waals surface area contributed by atoms with Gasteiger partial charge in [-0.2, -0.15) is 0 Å². The van der Waals surface area contributed by atoms with E-state index in [9.17, 15) is 14.2 Å². The summed E-state index contributed by atoms with van der Waals surface area (Å²) in [5.74, 6) is -0.937. The Morgan fingerprint density at radius 1 is 0.500 bits per heavy atom. The Labute approximate surface area is 317 Å². The molecule has 0 aromatic heterocycles. The minimum atomic E-state index is -4.76. The summed E-state index contributed by atoms with van der Waals surface area (Å²) < 4.78 is 26.3. The molecule has 0 aromatic carbocycles. The van der Waals surface area contributed by atoms with E-state index in [1.165, 1.54) is 77.0 Å². The lowest BCUT2D eigenvalue weighted by Gasteiger charge is -2.18. The summed E-state index contributed by atoms with van der Waals surface area (Å²) in [5, 5.41) is 0. The lowest BCUT2D eigenvalue weighted by molar-refractivity contribution is -0.161. The number of ether oxygens (including phenoxy) is 2. The summed E-state index contributed by atoms with van der Waals surface area (Å²) in [6.07, 6.45) is 48.0. The highest BCUT2D eigenvalue weighted by molar-refractivity contribution is 7.46. The number of phosphoric ester groups is 1. The normalized spacial score (nSPS) is 13.1. The third-order valence-electron chi connectivity index (χ3n) is 8.51. The average molecular weight is 751 g/mol. The molecule has 0 saturated carbocycles. The van der Waals surface area contributed by atoms with E-state index < -0.39 is 32.5 Å². The van der Waals surface area contributed by atoms with Crippen molar-refractivity contribution in [3.8, 4) is 0 Å². The van der Waals surface area contributed by atoms with E-state index >= 15 is 0 Å². The highest BCUT2D eigenvalue weighted by Gasteiger charge is 2.22. The van der Waals surface area contributed by atoms with E-state index in [0.717, 1.165) is 64.2 Å². The quantitative estimate of drug-likeness (QED) is 0.0279. The van der Waals surface area contributed by atoms with Gasteiger partial charge in [-0.05, 0) is 83.5 Å². The van der Waals surface area contributed by atoms with Crippen LogP contribution in [0.2, 0.25) is 0 Å². The van der Waals surface area contributed by atoms with Gasteiger partial charge in [0.25, 0.3) is 0 Å². The van der Waals surface area contributed by atoms with Crippen LogP contribution >= 0.6 is 7.82 Å². The second-order valence-electron chi connectivity index (χ2n) is 13.6. The first-order valence-electron chi connectivity index (χ1n) is 20.6. The number of allylic oxidation sites excluding steroid dienone is 10. The standard InChI is InChI=1S/C43H75O8P/c1-3-5-7-9-11-13-15-17-19-20-21-22-24-26-28-30-32-34-36-38-43(45)51-41(40-50-52(46,47)48)39-49-42(44)37-35-33-31-29-27-25-23-18-16-14-12-10-8-6-4-2/h11-14,17-19,23,27,29,41H,3-10,15-16,20-22,24-26,28,30-40H2,1-2H3,(H2,46,47,48)/b13-11-,14-12-,19-17-,23-18-,29-27-/t41-/m1/s1. The average Bonchev–Trinajstić information content (AvgIpc) is 3.11. The molecule has 0 spiro atoms. The van der Waals surface area contributed by atoms with Crippen molar-refractivity contribution in [1.82, 2.24) is 0 Å². The molecule has 0 heterocycles. The van der Waals surface area contributed by atoms with Gasteiger partial charge < -0.3 is 19.3 Å². The van der Waals surface area contributed by atoms with Crippen LogP contribution in [0.3, 0.4) is 0 Å². The molecule has 0 amide bonds. The van der Waals surface area contributed by atoms with Gasteiger partial charge in [-0.25, -0.2) is 4.57 Å². The predicted octanol–water partition coefficient (Wildman–Crippen LogP) is 12.5. The van der Waals surface area contributed by atoms with E-state index in [0.29, 0.717) is 12.8 Å². The zero-order valence-electron chi connectivity index (χ0n) is 32.9. The van der Waals surface area contributed by atoms with E-state index in [1.807, 2.05) is 0 Å². The Morgan fingerprint density at radius 2 is 0.865 bits per heavy atom. The van der Waals surface area contributed by atoms with Crippen LogP contribution in [-0.2, 0) is 28.2 Å². The summed E-state index contributed by atoms with van der Waals surface area (Å²) in [5.41, 5.74) is 0. The highest BCUT2D eigenvalue weighted by Crippen LogP contribution is 2.36. The van der Waals surface area contributed by atoms with E-state index in [1.54, 1.807) is 0 Å². The molecule has 52 heavy (non-hydrogen) atoms. The lowest BCUT2D eigenvalue weighted by Crippen LogP contribution is -2.29. The fourth-order valence-electron chi connectivity index (χ4n) is 5.41. The fraction of sp³-hybridized carbons (Fsp3) is 0.721. The van der Waals surface area contributed by atoms with Crippen LogP contribution in [-0.4, -0.2) is 41.0 Å². The Kier molecular flexibility index (Phi) is 36.8. The molecule has 0 saturated heterocycles. The molecule has 0 aliphatic heterocycles. The second kappa shape index (κ2) is 38.5. The molecule has 8 nitrogen and oxygen atoms in total. The largest absolute Gasteiger partial charge is 0.469 e. The molecule has 0 unspecified atom stereocenters. The topological polar surface area (TPSA) is 119 Å². The van der Waals surface area contributed by atoms with Crippen molar-refractivity contribution >= 4 is 19.8 Å². The van der Waals surface area contributed by atoms with Gasteiger partial charge in [0.05, 0.1) is 6.61 Å². The second-order valence-corrected chi connectivity index (χ2v) is 14.8. The van der Waals surface area contributed by atoms with Crippen molar-refractivity contribution in [2.24, 2.45) is 0 Å². The van der Waals surface area contributed by atoms with Gasteiger partial charge in [0, 0.05) is 12.8 Å². The molecule has 0 bridgehead atoms. The number of esters is 2. The monoisotopic (exact) mass is 751 g/mol. The molecule has 0 radical (unpaired) electrons. The van der Waals surface area contributed by atoms with Gasteiger partial charge in [-0.15, -0.1) is 0 Å². The number of unbranched alkanes of at least 4 members (excludes halogenated alkanes) is 17. The summed E-state index contributed by atoms with van der Waals surface area (Å²) in [7, 11) is -4.76. The molecular formula is C43H75O8P. The van der Waals surface area contributed by atoms with Gasteiger partial charge >= 0.3 is 19.8 Å². The van der Waals surface area contributed by atoms with Gasteiger partial charge in [-0.1, -0.05) is 145 Å². The van der Waals surface area contributed by atoms with Crippen molar-refractivity contribution in [1.29, 1.82) is 0 Å². The maximum Gasteiger partial charge on any atom is 0.469 e. The van der Waals surface area contributed by atoms with Crippen LogP contribution in [0.4, 0.5) is 0 Å². The number of carbonyl (C=O) groups is 2. The van der Waals surface area contributed by atoms with Gasteiger partial charge in [-0.3, -0.25) is 14.1 Å². The zero-order chi connectivity index (χ0) is 38.2. The Morgan fingerprint density at radius 3 is 1.33 bits per heavy atom. The number of phosphoric acid groups is 1. The molecule has 0 rings (SSSR count). The van der Waals surface area contributed by atoms with Crippen LogP contribution in [0.1, 0.15) is 181 Å². The van der Waals surface area contributed by atoms with Crippen LogP contribution in [0.15, 0.2) is 60.8 Å². The number of hydrogen-bond donors (Lipinski definition) is 2. The SMILES string of the molecule is CCCCC/C=C\C/C=C\C/C=C\CCCCC(=O)OC[C@H](COP(=O)(O)O)OC(=O)CCCCCCCCCCC/C=C\C/C=C\CCCCC. The maximum atomic E-state index is 12.4. The van der Waals surface area contributed by atoms with Crippen LogP contribution in [0.5, 0.6) is 0 Å². The molecule has 9 heteroatoms. The first-order chi connectivity index (χ1) is 25.3. The summed E-state index contributed by atoms with van der Waals surface area (Å²) >= 11 is 0. The van der Waals surface area contributed by atoms with Crippen molar-refractivity contribution in [2.45, 2.75) is 187 Å². The van der Waals surface area contributed by atoms with Crippen molar-refractivity contribution in [2.75, 3.05) is 13.2 Å². The van der Waals surface area contributed by atoms with Crippen LogP contribution in [0.25, 0.3) is 0 Å². The van der Waals surface area contributed by atoms with Crippen LogP contribution in [0, 0.1) is 0 Å². The Hall–Kier alpha value is -2.25. The Balaban J connectivity index is 3.99. The van der Waals surface area contributed by atoms with Gasteiger partial charge in [0.1, 0.15) is 6.61 Å². The number of hydrogen-bond acceptors (Lipinski definition) is 6. The molecule has 0 aromatic rings. The van der Waals surface area contributed by atoms with E-state index in [-0.39, 0.29) is 19.4 Å². The first-order valence-corrected chi connectivity index (χ1v) is 22.1. The molecule has 1 atom stereocenters. The number of rotatable bonds is 37. The maximum absolute atomic E-state index is 12.4. The predicted molar refractivity (Wildman–Crippen MR) is 216 cm³/mol. The smallest absolute Gasteiger partial charge is 0.462 e. The summed E-state index contributed by atoms with van der Waals surface area (Å²) in [6, 6.07) is 0. The van der Waals surface area contributed by atoms with Crippen molar-refractivity contribution < 1.29 is 37.9 Å². The molecular weight excluding hydrogens is 675 g/mol. The van der Waals surface area contributed by atoms with E-state index in [2.05, 4.69) is 79.1 Å². The molecule has 300 valence electrons. The molecule has 2 N–H and O–H groups in total. The molecule has 0 aliphatic carbocycles. The summed E-state index contributed by atoms with van der Waals surface area (Å²) in [6.45, 7) is 3.59. The lowest BCUT2D eigenvalue weighted by atomic mass is 10.1. The van der Waals surface area contributed by atoms with E-state index in [4.69, 9.17) is 19.3 Å². The third-order valence-corrected chi connectivity index (χ3v) is 8.99. The fourth-order valence-corrected chi connectivity index (χ4v) is 5.77. The molecule has 0 fully saturated rings. The summed E-state index contributed by atoms with van der Waals surface area (Å²) in [4.78, 5) is 42.8. The third kappa shape index (κ3) is 40.5. The van der Waals surface area contributed by atoms with Crippen molar-refractivity contribution in [3.63, 3.8) is 0 Å². The number of carbonyl (C=O) groups excluding carboxylic acids is 2. The first kappa shape index (κ1) is 49.8. The minimum absolute atomic E-state index is 0.196. The van der Waals surface area contributed by atoms with Crippen LogP contribution < -0.4 is 0 Å². The highest BCUT2D eigenvalue weighted by atomic mass is 31.2. The zero-order valence-corrected chi connectivity index (χ0v) is 33.8. The molecule has 0 aliphatic rings.